The van der Waals surface area contributed by atoms with Crippen LogP contribution >= 0.6 is 39.1 Å². The predicted molar refractivity (Wildman–Crippen MR) is 92.3 cm³/mol. The third-order valence-corrected chi connectivity index (χ3v) is 4.34. The van der Waals surface area contributed by atoms with Crippen molar-refractivity contribution in [3.05, 3.63) is 62.0 Å². The number of para-hydroxylation sites is 1. The normalized spacial score (nSPS) is 10.7. The molecular formula is C16H16BrCl2NO. The first kappa shape index (κ1) is 16.6. The summed E-state index contributed by atoms with van der Waals surface area (Å²) in [6.07, 6.45) is 0. The fraction of sp³-hybridized carbons (Fsp3) is 0.250. The molecule has 0 amide bonds. The predicted octanol–water partition coefficient (Wildman–Crippen LogP) is 5.44. The monoisotopic (exact) mass is 387 g/mol. The molecule has 1 N–H and O–H groups in total. The Bertz CT molecular complexity index is 619. The third-order valence-electron chi connectivity index (χ3n) is 2.98. The third kappa shape index (κ3) is 4.62. The van der Waals surface area contributed by atoms with Crippen LogP contribution in [-0.4, -0.2) is 6.54 Å². The van der Waals surface area contributed by atoms with Crippen LogP contribution in [0.5, 0.6) is 5.75 Å². The number of rotatable bonds is 6. The maximum absolute atomic E-state index is 6.02. The molecule has 112 valence electrons. The minimum atomic E-state index is 0.443. The maximum Gasteiger partial charge on any atom is 0.138 e. The number of benzene rings is 2. The standard InChI is InChI=1S/C16H16BrCl2NO/c1-2-20-9-12-4-3-5-13(17)16(12)21-10-11-6-7-14(18)15(19)8-11/h3-8,20H,2,9-10H2,1H3. The van der Waals surface area contributed by atoms with E-state index < -0.39 is 0 Å². The van der Waals surface area contributed by atoms with Crippen molar-refractivity contribution in [1.29, 1.82) is 0 Å². The number of hydrogen-bond donors (Lipinski definition) is 1. The first-order chi connectivity index (χ1) is 10.1. The highest BCUT2D eigenvalue weighted by Gasteiger charge is 2.08. The van der Waals surface area contributed by atoms with E-state index in [-0.39, 0.29) is 0 Å². The highest BCUT2D eigenvalue weighted by molar-refractivity contribution is 9.10. The van der Waals surface area contributed by atoms with Gasteiger partial charge in [0.15, 0.2) is 0 Å². The summed E-state index contributed by atoms with van der Waals surface area (Å²) in [4.78, 5) is 0. The van der Waals surface area contributed by atoms with E-state index in [2.05, 4.69) is 34.2 Å². The number of hydrogen-bond acceptors (Lipinski definition) is 2. The summed E-state index contributed by atoms with van der Waals surface area (Å²) in [5.74, 6) is 0.851. The van der Waals surface area contributed by atoms with Crippen LogP contribution in [0.4, 0.5) is 0 Å². The lowest BCUT2D eigenvalue weighted by Crippen LogP contribution is -2.13. The number of ether oxygens (including phenoxy) is 1. The van der Waals surface area contributed by atoms with E-state index in [4.69, 9.17) is 27.9 Å². The molecule has 2 nitrogen and oxygen atoms in total. The van der Waals surface area contributed by atoms with Crippen LogP contribution in [0.3, 0.4) is 0 Å². The second-order valence-corrected chi connectivity index (χ2v) is 6.21. The van der Waals surface area contributed by atoms with Gasteiger partial charge in [0.1, 0.15) is 12.4 Å². The van der Waals surface area contributed by atoms with Crippen molar-refractivity contribution in [2.45, 2.75) is 20.1 Å². The van der Waals surface area contributed by atoms with Crippen molar-refractivity contribution in [2.75, 3.05) is 6.54 Å². The van der Waals surface area contributed by atoms with Gasteiger partial charge in [-0.1, -0.05) is 48.3 Å². The number of nitrogens with one attached hydrogen (secondary N) is 1. The second-order valence-electron chi connectivity index (χ2n) is 4.55. The molecule has 0 radical (unpaired) electrons. The molecule has 0 bridgehead atoms. The Morgan fingerprint density at radius 1 is 1.14 bits per heavy atom. The molecule has 0 aliphatic heterocycles. The van der Waals surface area contributed by atoms with E-state index in [1.807, 2.05) is 24.3 Å². The first-order valence-electron chi connectivity index (χ1n) is 6.66. The lowest BCUT2D eigenvalue weighted by atomic mass is 10.2. The molecule has 0 aliphatic carbocycles. The molecular weight excluding hydrogens is 373 g/mol. The van der Waals surface area contributed by atoms with Crippen LogP contribution in [0, 0.1) is 0 Å². The Morgan fingerprint density at radius 2 is 1.95 bits per heavy atom. The lowest BCUT2D eigenvalue weighted by Gasteiger charge is -2.14. The zero-order valence-corrected chi connectivity index (χ0v) is 14.7. The van der Waals surface area contributed by atoms with Gasteiger partial charge in [0.2, 0.25) is 0 Å². The van der Waals surface area contributed by atoms with Crippen LogP contribution in [-0.2, 0) is 13.2 Å². The van der Waals surface area contributed by atoms with Crippen LogP contribution < -0.4 is 10.1 Å². The van der Waals surface area contributed by atoms with Crippen LogP contribution in [0.25, 0.3) is 0 Å². The Morgan fingerprint density at radius 3 is 2.67 bits per heavy atom. The molecule has 2 aromatic carbocycles. The van der Waals surface area contributed by atoms with E-state index in [0.717, 1.165) is 34.4 Å². The molecule has 2 aromatic rings. The van der Waals surface area contributed by atoms with Gasteiger partial charge in [-0.3, -0.25) is 0 Å². The minimum absolute atomic E-state index is 0.443. The Labute approximate surface area is 143 Å². The van der Waals surface area contributed by atoms with Gasteiger partial charge >= 0.3 is 0 Å². The van der Waals surface area contributed by atoms with Gasteiger partial charge in [-0.25, -0.2) is 0 Å². The SMILES string of the molecule is CCNCc1cccc(Br)c1OCc1ccc(Cl)c(Cl)c1. The van der Waals surface area contributed by atoms with Crippen molar-refractivity contribution in [3.8, 4) is 5.75 Å². The highest BCUT2D eigenvalue weighted by atomic mass is 79.9. The van der Waals surface area contributed by atoms with Crippen molar-refractivity contribution >= 4 is 39.1 Å². The summed E-state index contributed by atoms with van der Waals surface area (Å²) in [7, 11) is 0. The van der Waals surface area contributed by atoms with E-state index in [9.17, 15) is 0 Å². The average molecular weight is 389 g/mol. The van der Waals surface area contributed by atoms with E-state index in [0.29, 0.717) is 16.7 Å². The zero-order valence-electron chi connectivity index (χ0n) is 11.6. The topological polar surface area (TPSA) is 21.3 Å². The van der Waals surface area contributed by atoms with Gasteiger partial charge < -0.3 is 10.1 Å². The number of halogens is 3. The summed E-state index contributed by atoms with van der Waals surface area (Å²) in [6.45, 7) is 4.21. The van der Waals surface area contributed by atoms with Gasteiger partial charge in [-0.2, -0.15) is 0 Å². The molecule has 0 spiro atoms. The molecule has 0 heterocycles. The van der Waals surface area contributed by atoms with Crippen molar-refractivity contribution < 1.29 is 4.74 Å². The van der Waals surface area contributed by atoms with E-state index >= 15 is 0 Å². The van der Waals surface area contributed by atoms with Gasteiger partial charge in [-0.05, 0) is 46.2 Å². The Balaban J connectivity index is 2.13. The highest BCUT2D eigenvalue weighted by Crippen LogP contribution is 2.30. The molecule has 21 heavy (non-hydrogen) atoms. The van der Waals surface area contributed by atoms with Crippen molar-refractivity contribution in [2.24, 2.45) is 0 Å². The molecule has 0 atom stereocenters. The van der Waals surface area contributed by atoms with Crippen LogP contribution in [0.1, 0.15) is 18.1 Å². The minimum Gasteiger partial charge on any atom is -0.487 e. The average Bonchev–Trinajstić information content (AvgIpc) is 2.47. The summed E-state index contributed by atoms with van der Waals surface area (Å²) in [5, 5.41) is 4.40. The smallest absolute Gasteiger partial charge is 0.138 e. The summed E-state index contributed by atoms with van der Waals surface area (Å²) in [6, 6.07) is 11.5. The van der Waals surface area contributed by atoms with Gasteiger partial charge in [-0.15, -0.1) is 0 Å². The second kappa shape index (κ2) is 8.04. The summed E-state index contributed by atoms with van der Waals surface area (Å²) in [5.41, 5.74) is 2.10. The van der Waals surface area contributed by atoms with E-state index in [1.54, 1.807) is 6.07 Å². The lowest BCUT2D eigenvalue weighted by molar-refractivity contribution is 0.300. The van der Waals surface area contributed by atoms with Gasteiger partial charge in [0.05, 0.1) is 14.5 Å². The van der Waals surface area contributed by atoms with Gasteiger partial charge in [0.25, 0.3) is 0 Å². The first-order valence-corrected chi connectivity index (χ1v) is 8.21. The molecule has 2 rings (SSSR count). The fourth-order valence-corrected chi connectivity index (χ4v) is 2.74. The van der Waals surface area contributed by atoms with Crippen LogP contribution in [0.15, 0.2) is 40.9 Å². The molecule has 0 aromatic heterocycles. The fourth-order valence-electron chi connectivity index (χ4n) is 1.90. The van der Waals surface area contributed by atoms with Crippen molar-refractivity contribution in [3.63, 3.8) is 0 Å². The summed E-state index contributed by atoms with van der Waals surface area (Å²) < 4.78 is 6.90. The molecule has 0 aliphatic rings. The van der Waals surface area contributed by atoms with E-state index in [1.165, 1.54) is 0 Å². The molecule has 0 unspecified atom stereocenters. The summed E-state index contributed by atoms with van der Waals surface area (Å²) >= 11 is 15.5. The quantitative estimate of drug-likeness (QED) is 0.710. The Hall–Kier alpha value is -0.740. The maximum atomic E-state index is 6.02. The Kier molecular flexibility index (Phi) is 6.37. The molecule has 5 heteroatoms. The molecule has 0 saturated carbocycles. The molecule has 0 saturated heterocycles. The van der Waals surface area contributed by atoms with Crippen molar-refractivity contribution in [1.82, 2.24) is 5.32 Å². The zero-order chi connectivity index (χ0) is 15.2. The molecule has 0 fully saturated rings. The largest absolute Gasteiger partial charge is 0.487 e. The van der Waals surface area contributed by atoms with Crippen LogP contribution in [0.2, 0.25) is 10.0 Å². The van der Waals surface area contributed by atoms with Gasteiger partial charge in [0, 0.05) is 12.1 Å².